The summed E-state index contributed by atoms with van der Waals surface area (Å²) >= 11 is 0. The van der Waals surface area contributed by atoms with Crippen molar-refractivity contribution in [2.24, 2.45) is 7.05 Å². The fourth-order valence-corrected chi connectivity index (χ4v) is 4.51. The van der Waals surface area contributed by atoms with E-state index in [-0.39, 0.29) is 11.6 Å². The van der Waals surface area contributed by atoms with Crippen molar-refractivity contribution in [1.82, 2.24) is 24.8 Å². The van der Waals surface area contributed by atoms with E-state index in [2.05, 4.69) is 82.6 Å². The van der Waals surface area contributed by atoms with Crippen LogP contribution in [0.2, 0.25) is 0 Å². The Balaban J connectivity index is 1.37. The van der Waals surface area contributed by atoms with Gasteiger partial charge < -0.3 is 10.2 Å². The molecular weight excluding hydrogens is 436 g/mol. The van der Waals surface area contributed by atoms with Crippen molar-refractivity contribution in [3.05, 3.63) is 94.7 Å². The van der Waals surface area contributed by atoms with Gasteiger partial charge in [-0.3, -0.25) is 9.36 Å². The van der Waals surface area contributed by atoms with Crippen LogP contribution >= 0.6 is 0 Å². The average molecular weight is 467 g/mol. The second kappa shape index (κ2) is 9.80. The predicted octanol–water partition coefficient (Wildman–Crippen LogP) is 4.18. The smallest absolute Gasteiger partial charge is 0.255 e. The predicted molar refractivity (Wildman–Crippen MR) is 139 cm³/mol. The lowest BCUT2D eigenvalue weighted by Gasteiger charge is -2.35. The van der Waals surface area contributed by atoms with Crippen molar-refractivity contribution in [2.45, 2.75) is 25.8 Å². The number of anilines is 1. The fourth-order valence-electron chi connectivity index (χ4n) is 4.51. The number of nitrogens with zero attached hydrogens (tertiary/aromatic N) is 5. The summed E-state index contributed by atoms with van der Waals surface area (Å²) < 4.78 is 1.61. The highest BCUT2D eigenvalue weighted by atomic mass is 16.1. The van der Waals surface area contributed by atoms with E-state index in [0.717, 1.165) is 19.6 Å². The lowest BCUT2D eigenvalue weighted by atomic mass is 9.97. The lowest BCUT2D eigenvalue weighted by molar-refractivity contribution is 0.462. The molecule has 7 heteroatoms. The Morgan fingerprint density at radius 3 is 2.34 bits per heavy atom. The number of aromatic nitrogens is 4. The van der Waals surface area contributed by atoms with Crippen molar-refractivity contribution in [1.29, 1.82) is 0 Å². The molecule has 0 aliphatic carbocycles. The van der Waals surface area contributed by atoms with Gasteiger partial charge in [0.2, 0.25) is 5.95 Å². The molecule has 0 amide bonds. The third kappa shape index (κ3) is 4.86. The quantitative estimate of drug-likeness (QED) is 0.476. The Kier molecular flexibility index (Phi) is 6.42. The average Bonchev–Trinajstić information content (AvgIpc) is 2.91. The van der Waals surface area contributed by atoms with Crippen LogP contribution in [0, 0.1) is 0 Å². The van der Waals surface area contributed by atoms with Gasteiger partial charge in [0.1, 0.15) is 6.33 Å². The number of hydrogen-bond donors (Lipinski definition) is 1. The summed E-state index contributed by atoms with van der Waals surface area (Å²) in [6, 6.07) is 21.0. The van der Waals surface area contributed by atoms with Gasteiger partial charge in [0.15, 0.2) is 0 Å². The Bertz CT molecular complexity index is 1350. The van der Waals surface area contributed by atoms with Crippen LogP contribution in [0.1, 0.15) is 36.9 Å². The molecule has 7 nitrogen and oxygen atoms in total. The molecular formula is C28H30N6O. The number of hydrogen-bond acceptors (Lipinski definition) is 6. The van der Waals surface area contributed by atoms with Gasteiger partial charge in [-0.05, 0) is 34.2 Å². The maximum atomic E-state index is 12.7. The largest absolute Gasteiger partial charge is 0.339 e. The first-order valence-corrected chi connectivity index (χ1v) is 12.0. The SMILES string of the molecule is CC(C)c1ccc(-c2ccc([C@H]3CN(c4nc(-c5ccncn5)cc(=O)n4C)CCN3)cc2)cc1. The zero-order valence-electron chi connectivity index (χ0n) is 20.3. The molecule has 4 aromatic rings. The van der Waals surface area contributed by atoms with Crippen molar-refractivity contribution in [3.8, 4) is 22.5 Å². The molecule has 1 fully saturated rings. The summed E-state index contributed by atoms with van der Waals surface area (Å²) in [4.78, 5) is 27.9. The molecule has 35 heavy (non-hydrogen) atoms. The molecule has 5 rings (SSSR count). The summed E-state index contributed by atoms with van der Waals surface area (Å²) in [5.74, 6) is 1.18. The van der Waals surface area contributed by atoms with Crippen LogP contribution in [0.25, 0.3) is 22.5 Å². The van der Waals surface area contributed by atoms with Crippen LogP contribution in [0.4, 0.5) is 5.95 Å². The second-order valence-corrected chi connectivity index (χ2v) is 9.28. The first kappa shape index (κ1) is 22.9. The molecule has 1 aliphatic heterocycles. The van der Waals surface area contributed by atoms with E-state index in [4.69, 9.17) is 4.98 Å². The Morgan fingerprint density at radius 2 is 1.69 bits per heavy atom. The monoisotopic (exact) mass is 466 g/mol. The third-order valence-corrected chi connectivity index (χ3v) is 6.64. The van der Waals surface area contributed by atoms with E-state index < -0.39 is 0 Å². The van der Waals surface area contributed by atoms with Crippen LogP contribution in [0.5, 0.6) is 0 Å². The van der Waals surface area contributed by atoms with Gasteiger partial charge in [-0.1, -0.05) is 62.4 Å². The van der Waals surface area contributed by atoms with Gasteiger partial charge >= 0.3 is 0 Å². The number of benzene rings is 2. The Labute approximate surface area is 205 Å². The van der Waals surface area contributed by atoms with E-state index in [1.807, 2.05) is 0 Å². The van der Waals surface area contributed by atoms with Gasteiger partial charge in [0.25, 0.3) is 5.56 Å². The molecule has 1 atom stereocenters. The van der Waals surface area contributed by atoms with E-state index in [0.29, 0.717) is 23.3 Å². The highest BCUT2D eigenvalue weighted by Gasteiger charge is 2.24. The topological polar surface area (TPSA) is 75.9 Å². The molecule has 2 aromatic carbocycles. The van der Waals surface area contributed by atoms with Gasteiger partial charge in [0.05, 0.1) is 11.4 Å². The zero-order chi connectivity index (χ0) is 24.4. The maximum Gasteiger partial charge on any atom is 0.255 e. The van der Waals surface area contributed by atoms with Crippen molar-refractivity contribution >= 4 is 5.95 Å². The first-order chi connectivity index (χ1) is 17.0. The summed E-state index contributed by atoms with van der Waals surface area (Å²) in [5, 5.41) is 3.62. The summed E-state index contributed by atoms with van der Waals surface area (Å²) in [5.41, 5.74) is 6.10. The third-order valence-electron chi connectivity index (χ3n) is 6.64. The zero-order valence-corrected chi connectivity index (χ0v) is 20.3. The van der Waals surface area contributed by atoms with E-state index in [1.54, 1.807) is 23.9 Å². The number of nitrogens with one attached hydrogen (secondary N) is 1. The Hall–Kier alpha value is -3.84. The van der Waals surface area contributed by atoms with E-state index in [1.165, 1.54) is 34.6 Å². The summed E-state index contributed by atoms with van der Waals surface area (Å²) in [6.45, 7) is 6.71. The fraction of sp³-hybridized carbons (Fsp3) is 0.286. The van der Waals surface area contributed by atoms with Crippen LogP contribution in [-0.2, 0) is 7.05 Å². The highest BCUT2D eigenvalue weighted by Crippen LogP contribution is 2.26. The highest BCUT2D eigenvalue weighted by molar-refractivity contribution is 5.64. The molecule has 0 unspecified atom stereocenters. The van der Waals surface area contributed by atoms with Crippen LogP contribution < -0.4 is 15.8 Å². The minimum Gasteiger partial charge on any atom is -0.339 e. The minimum atomic E-state index is -0.105. The maximum absolute atomic E-state index is 12.7. The molecule has 0 radical (unpaired) electrons. The van der Waals surface area contributed by atoms with Crippen molar-refractivity contribution in [2.75, 3.05) is 24.5 Å². The van der Waals surface area contributed by atoms with E-state index in [9.17, 15) is 4.79 Å². The molecule has 1 aliphatic rings. The molecule has 3 heterocycles. The molecule has 178 valence electrons. The van der Waals surface area contributed by atoms with Gasteiger partial charge in [0, 0.05) is 45.0 Å². The normalized spacial score (nSPS) is 16.0. The number of rotatable bonds is 5. The van der Waals surface area contributed by atoms with Crippen LogP contribution in [-0.4, -0.2) is 39.2 Å². The molecule has 0 bridgehead atoms. The summed E-state index contributed by atoms with van der Waals surface area (Å²) in [7, 11) is 1.77. The van der Waals surface area contributed by atoms with Crippen LogP contribution in [0.15, 0.2) is 78.0 Å². The second-order valence-electron chi connectivity index (χ2n) is 9.28. The summed E-state index contributed by atoms with van der Waals surface area (Å²) in [6.07, 6.45) is 3.13. The minimum absolute atomic E-state index is 0.105. The number of piperazine rings is 1. The van der Waals surface area contributed by atoms with E-state index >= 15 is 0 Å². The molecule has 1 N–H and O–H groups in total. The van der Waals surface area contributed by atoms with Crippen LogP contribution in [0.3, 0.4) is 0 Å². The van der Waals surface area contributed by atoms with Gasteiger partial charge in [-0.15, -0.1) is 0 Å². The first-order valence-electron chi connectivity index (χ1n) is 12.0. The molecule has 1 saturated heterocycles. The molecule has 2 aromatic heterocycles. The van der Waals surface area contributed by atoms with Gasteiger partial charge in [-0.2, -0.15) is 0 Å². The molecule has 0 saturated carbocycles. The molecule has 0 spiro atoms. The Morgan fingerprint density at radius 1 is 0.971 bits per heavy atom. The standard InChI is InChI=1S/C28H30N6O/c1-19(2)20-4-6-21(7-5-20)22-8-10-23(11-9-22)26-17-34(15-14-30-26)28-32-25(16-27(35)33(28)3)24-12-13-29-18-31-24/h4-13,16,18-19,26,30H,14-15,17H2,1-3H3/t26-/m1/s1. The lowest BCUT2D eigenvalue weighted by Crippen LogP contribution is -2.47. The van der Waals surface area contributed by atoms with Crippen molar-refractivity contribution in [3.63, 3.8) is 0 Å². The van der Waals surface area contributed by atoms with Crippen molar-refractivity contribution < 1.29 is 0 Å². The van der Waals surface area contributed by atoms with Gasteiger partial charge in [-0.25, -0.2) is 15.0 Å².